The first-order chi connectivity index (χ1) is 6.70. The summed E-state index contributed by atoms with van der Waals surface area (Å²) in [6.45, 7) is 11.3. The normalized spacial score (nSPS) is 11.4. The van der Waals surface area contributed by atoms with Gasteiger partial charge in [0.15, 0.2) is 0 Å². The van der Waals surface area contributed by atoms with Crippen LogP contribution in [0.3, 0.4) is 0 Å². The predicted octanol–water partition coefficient (Wildman–Crippen LogP) is 3.81. The Labute approximate surface area is 87.0 Å². The zero-order valence-electron chi connectivity index (χ0n) is 8.88. The van der Waals surface area contributed by atoms with E-state index in [2.05, 4.69) is 25.0 Å². The van der Waals surface area contributed by atoms with E-state index in [9.17, 15) is 0 Å². The highest BCUT2D eigenvalue weighted by atomic mass is 13.8. The molecule has 0 nitrogen and oxygen atoms in total. The molecule has 0 heteroatoms. The highest BCUT2D eigenvalue weighted by Crippen LogP contribution is 1.94. The van der Waals surface area contributed by atoms with Crippen LogP contribution in [0.1, 0.15) is 13.8 Å². The summed E-state index contributed by atoms with van der Waals surface area (Å²) < 4.78 is 0. The van der Waals surface area contributed by atoms with Gasteiger partial charge in [0.1, 0.15) is 0 Å². The molecule has 0 aliphatic carbocycles. The maximum Gasteiger partial charge on any atom is 0.0177 e. The zero-order valence-corrected chi connectivity index (χ0v) is 8.88. The first-order valence-corrected chi connectivity index (χ1v) is 4.50. The maximum atomic E-state index is 3.79. The molecule has 0 aliphatic heterocycles. The molecule has 0 saturated carbocycles. The van der Waals surface area contributed by atoms with Crippen molar-refractivity contribution >= 4 is 0 Å². The van der Waals surface area contributed by atoms with Crippen LogP contribution in [0.15, 0.2) is 60.8 Å². The van der Waals surface area contributed by atoms with Crippen molar-refractivity contribution < 1.29 is 0 Å². The van der Waals surface area contributed by atoms with Gasteiger partial charge in [0, 0.05) is 5.57 Å². The third kappa shape index (κ3) is 6.94. The molecule has 0 spiro atoms. The van der Waals surface area contributed by atoms with Crippen molar-refractivity contribution in [1.82, 2.24) is 0 Å². The van der Waals surface area contributed by atoms with E-state index in [1.54, 1.807) is 6.08 Å². The van der Waals surface area contributed by atoms with Crippen molar-refractivity contribution in [2.75, 3.05) is 0 Å². The van der Waals surface area contributed by atoms with Crippen LogP contribution in [0.2, 0.25) is 0 Å². The van der Waals surface area contributed by atoms with Gasteiger partial charge in [0.2, 0.25) is 0 Å². The number of hydrogen-bond acceptors (Lipinski definition) is 0. The summed E-state index contributed by atoms with van der Waals surface area (Å²) in [7, 11) is 0. The molecule has 0 N–H and O–H groups in total. The second-order valence-corrected chi connectivity index (χ2v) is 2.75. The van der Waals surface area contributed by atoms with Gasteiger partial charge in [-0.05, 0) is 25.5 Å². The molecule has 72 valence electrons. The van der Waals surface area contributed by atoms with Crippen LogP contribution in [0.5, 0.6) is 0 Å². The minimum atomic E-state index is 0.790. The molecule has 0 aromatic heterocycles. The summed E-state index contributed by atoms with van der Waals surface area (Å²) in [5, 5.41) is 0. The fraction of sp³-hybridized carbons (Fsp3) is 0.143. The second kappa shape index (κ2) is 7.89. The number of allylic oxidation sites excluding steroid dienone is 8. The van der Waals surface area contributed by atoms with Crippen LogP contribution < -0.4 is 0 Å². The molecule has 0 unspecified atom stereocenters. The maximum absolute atomic E-state index is 3.79. The summed E-state index contributed by atoms with van der Waals surface area (Å²) in [5.41, 5.74) is 1.81. The van der Waals surface area contributed by atoms with Gasteiger partial charge in [-0.25, -0.2) is 0 Å². The Morgan fingerprint density at radius 2 is 1.93 bits per heavy atom. The lowest BCUT2D eigenvalue weighted by molar-refractivity contribution is 1.56. The average molecular weight is 184 g/mol. The van der Waals surface area contributed by atoms with E-state index < -0.39 is 0 Å². The molecular formula is C14H16. The first-order valence-electron chi connectivity index (χ1n) is 4.50. The van der Waals surface area contributed by atoms with Crippen molar-refractivity contribution in [2.45, 2.75) is 13.8 Å². The number of hydrogen-bond donors (Lipinski definition) is 0. The topological polar surface area (TPSA) is 0 Å². The summed E-state index contributed by atoms with van der Waals surface area (Å²) in [4.78, 5) is 0. The summed E-state index contributed by atoms with van der Waals surface area (Å²) in [5.74, 6) is 5.95. The van der Waals surface area contributed by atoms with E-state index in [4.69, 9.17) is 0 Å². The molecule has 0 bridgehead atoms. The van der Waals surface area contributed by atoms with E-state index in [0.29, 0.717) is 0 Å². The smallest absolute Gasteiger partial charge is 0.0177 e. The largest absolute Gasteiger partial charge is 0.0991 e. The van der Waals surface area contributed by atoms with E-state index in [0.717, 1.165) is 11.1 Å². The minimum Gasteiger partial charge on any atom is -0.0991 e. The van der Waals surface area contributed by atoms with Crippen LogP contribution in [-0.4, -0.2) is 0 Å². The van der Waals surface area contributed by atoms with E-state index in [1.165, 1.54) is 0 Å². The quantitative estimate of drug-likeness (QED) is 0.462. The molecule has 0 atom stereocenters. The minimum absolute atomic E-state index is 0.790. The van der Waals surface area contributed by atoms with Crippen LogP contribution >= 0.6 is 0 Å². The highest BCUT2D eigenvalue weighted by molar-refractivity contribution is 5.42. The SMILES string of the molecule is C=C/C=C\C(=C)C#C/C(C)=C/C=C\C. The molecule has 0 aliphatic rings. The Bertz CT molecular complexity index is 338. The van der Waals surface area contributed by atoms with Gasteiger partial charge in [0.05, 0.1) is 0 Å². The molecule has 0 radical (unpaired) electrons. The molecule has 0 amide bonds. The summed E-state index contributed by atoms with van der Waals surface area (Å²) in [6.07, 6.45) is 11.3. The molecule has 0 rings (SSSR count). The van der Waals surface area contributed by atoms with Gasteiger partial charge >= 0.3 is 0 Å². The third-order valence-corrected chi connectivity index (χ3v) is 1.39. The van der Waals surface area contributed by atoms with Crippen molar-refractivity contribution in [2.24, 2.45) is 0 Å². The fourth-order valence-electron chi connectivity index (χ4n) is 0.687. The molecule has 0 heterocycles. The van der Waals surface area contributed by atoms with E-state index in [-0.39, 0.29) is 0 Å². The molecule has 0 saturated heterocycles. The summed E-state index contributed by atoms with van der Waals surface area (Å²) >= 11 is 0. The van der Waals surface area contributed by atoms with Gasteiger partial charge in [-0.1, -0.05) is 55.4 Å². The molecule has 0 aromatic carbocycles. The summed E-state index contributed by atoms with van der Waals surface area (Å²) in [6, 6.07) is 0. The van der Waals surface area contributed by atoms with Crippen molar-refractivity contribution in [3.8, 4) is 11.8 Å². The zero-order chi connectivity index (χ0) is 10.8. The molecule has 0 aromatic rings. The van der Waals surface area contributed by atoms with Gasteiger partial charge < -0.3 is 0 Å². The lowest BCUT2D eigenvalue weighted by Crippen LogP contribution is -1.70. The third-order valence-electron chi connectivity index (χ3n) is 1.39. The Hall–Kier alpha value is -1.74. The van der Waals surface area contributed by atoms with Crippen molar-refractivity contribution in [1.29, 1.82) is 0 Å². The molecule has 14 heavy (non-hydrogen) atoms. The predicted molar refractivity (Wildman–Crippen MR) is 64.8 cm³/mol. The highest BCUT2D eigenvalue weighted by Gasteiger charge is 1.79. The second-order valence-electron chi connectivity index (χ2n) is 2.75. The monoisotopic (exact) mass is 184 g/mol. The Morgan fingerprint density at radius 1 is 1.21 bits per heavy atom. The standard InChI is InChI=1S/C14H16/c1-5-7-9-13(3)11-12-14(4)10-8-6-2/h5-10H,1,3H2,2,4H3/b8-6-,9-7-,14-10+. The van der Waals surface area contributed by atoms with E-state index in [1.807, 2.05) is 44.2 Å². The van der Waals surface area contributed by atoms with Crippen LogP contribution in [0, 0.1) is 11.8 Å². The van der Waals surface area contributed by atoms with Gasteiger partial charge in [-0.3, -0.25) is 0 Å². The van der Waals surface area contributed by atoms with Crippen LogP contribution in [0.4, 0.5) is 0 Å². The molecule has 0 fully saturated rings. The van der Waals surface area contributed by atoms with Gasteiger partial charge in [0.25, 0.3) is 0 Å². The fourth-order valence-corrected chi connectivity index (χ4v) is 0.687. The number of rotatable bonds is 3. The first kappa shape index (κ1) is 12.3. The van der Waals surface area contributed by atoms with E-state index >= 15 is 0 Å². The Kier molecular flexibility index (Phi) is 6.91. The Balaban J connectivity index is 4.36. The van der Waals surface area contributed by atoms with Gasteiger partial charge in [-0.2, -0.15) is 0 Å². The van der Waals surface area contributed by atoms with Crippen molar-refractivity contribution in [3.63, 3.8) is 0 Å². The lowest BCUT2D eigenvalue weighted by Gasteiger charge is -1.84. The van der Waals surface area contributed by atoms with Crippen molar-refractivity contribution in [3.05, 3.63) is 60.8 Å². The van der Waals surface area contributed by atoms with Crippen LogP contribution in [0.25, 0.3) is 0 Å². The van der Waals surface area contributed by atoms with Gasteiger partial charge in [-0.15, -0.1) is 0 Å². The lowest BCUT2D eigenvalue weighted by atomic mass is 10.2. The molecular weight excluding hydrogens is 168 g/mol. The Morgan fingerprint density at radius 3 is 2.50 bits per heavy atom. The average Bonchev–Trinajstić information content (AvgIpc) is 2.20. The van der Waals surface area contributed by atoms with Crippen LogP contribution in [-0.2, 0) is 0 Å².